The second-order valence-electron chi connectivity index (χ2n) is 5.64. The zero-order valence-corrected chi connectivity index (χ0v) is 12.5. The lowest BCUT2D eigenvalue weighted by atomic mass is 9.82. The van der Waals surface area contributed by atoms with Crippen molar-refractivity contribution in [2.45, 2.75) is 12.8 Å². The molecule has 0 amide bonds. The second kappa shape index (κ2) is 5.85. The van der Waals surface area contributed by atoms with E-state index in [4.69, 9.17) is 9.84 Å². The van der Waals surface area contributed by atoms with Crippen LogP contribution in [-0.2, 0) is 11.2 Å². The summed E-state index contributed by atoms with van der Waals surface area (Å²) in [5.41, 5.74) is 3.91. The lowest BCUT2D eigenvalue weighted by Gasteiger charge is -2.28. The molecule has 2 aliphatic rings. The molecule has 1 aromatic carbocycles. The fraction of sp³-hybridized carbons (Fsp3) is 0.353. The highest BCUT2D eigenvalue weighted by Crippen LogP contribution is 2.36. The maximum Gasteiger partial charge on any atom is 0.336 e. The fourth-order valence-corrected chi connectivity index (χ4v) is 2.91. The predicted molar refractivity (Wildman–Crippen MR) is 83.0 cm³/mol. The van der Waals surface area contributed by atoms with Crippen LogP contribution >= 0.6 is 0 Å². The molecule has 0 spiro atoms. The van der Waals surface area contributed by atoms with E-state index in [1.54, 1.807) is 7.11 Å². The maximum atomic E-state index is 11.1. The summed E-state index contributed by atoms with van der Waals surface area (Å²) in [6.07, 6.45) is 3.48. The number of aliphatic hydroxyl groups is 1. The van der Waals surface area contributed by atoms with Gasteiger partial charge in [-0.15, -0.1) is 0 Å². The van der Waals surface area contributed by atoms with Gasteiger partial charge < -0.3 is 14.9 Å². The molecule has 1 aromatic rings. The van der Waals surface area contributed by atoms with Crippen molar-refractivity contribution in [3.63, 3.8) is 0 Å². The van der Waals surface area contributed by atoms with Gasteiger partial charge in [-0.2, -0.15) is 0 Å². The van der Waals surface area contributed by atoms with E-state index in [2.05, 4.69) is 12.1 Å². The number of carbonyl (C=O) groups is 1. The lowest BCUT2D eigenvalue weighted by Crippen LogP contribution is -2.34. The molecule has 22 heavy (non-hydrogen) atoms. The monoisotopic (exact) mass is 301 g/mol. The molecule has 2 N–H and O–H groups in total. The minimum Gasteiger partial charge on any atom is -0.512 e. The van der Waals surface area contributed by atoms with E-state index in [1.807, 2.05) is 17.0 Å². The van der Waals surface area contributed by atoms with Crippen LogP contribution in [0.25, 0.3) is 5.57 Å². The van der Waals surface area contributed by atoms with Gasteiger partial charge in [0.05, 0.1) is 12.7 Å². The van der Waals surface area contributed by atoms with Crippen molar-refractivity contribution in [3.05, 3.63) is 46.7 Å². The van der Waals surface area contributed by atoms with Gasteiger partial charge >= 0.3 is 5.97 Å². The first kappa shape index (κ1) is 14.7. The van der Waals surface area contributed by atoms with E-state index in [9.17, 15) is 9.90 Å². The van der Waals surface area contributed by atoms with Gasteiger partial charge in [-0.25, -0.2) is 4.79 Å². The van der Waals surface area contributed by atoms with Gasteiger partial charge in [-0.05, 0) is 35.3 Å². The summed E-state index contributed by atoms with van der Waals surface area (Å²) in [6.45, 7) is 1.66. The van der Waals surface area contributed by atoms with E-state index in [0.717, 1.165) is 12.2 Å². The normalized spacial score (nSPS) is 19.8. The minimum absolute atomic E-state index is 0.00938. The molecule has 0 aromatic heterocycles. The van der Waals surface area contributed by atoms with Crippen molar-refractivity contribution < 1.29 is 19.7 Å². The number of aliphatic hydroxyl groups excluding tert-OH is 1. The maximum absolute atomic E-state index is 11.1. The molecular weight excluding hydrogens is 282 g/mol. The van der Waals surface area contributed by atoms with Crippen LogP contribution in [0, 0.1) is 0 Å². The number of ether oxygens (including phenoxy) is 1. The van der Waals surface area contributed by atoms with Crippen LogP contribution in [0.2, 0.25) is 0 Å². The molecular formula is C17H19NO4. The molecule has 5 nitrogen and oxygen atoms in total. The molecule has 0 saturated heterocycles. The third-order valence-electron chi connectivity index (χ3n) is 4.29. The van der Waals surface area contributed by atoms with E-state index < -0.39 is 5.97 Å². The summed E-state index contributed by atoms with van der Waals surface area (Å²) in [7, 11) is 1.66. The Labute approximate surface area is 129 Å². The number of fused-ring (bicyclic) bond motifs is 1. The molecule has 1 aliphatic heterocycles. The Morgan fingerprint density at radius 1 is 1.45 bits per heavy atom. The first-order valence-electron chi connectivity index (χ1n) is 7.31. The van der Waals surface area contributed by atoms with E-state index in [-0.39, 0.29) is 17.9 Å². The Bertz CT molecular complexity index is 675. The summed E-state index contributed by atoms with van der Waals surface area (Å²) in [6, 6.07) is 6.08. The van der Waals surface area contributed by atoms with Gasteiger partial charge in [-0.3, -0.25) is 4.90 Å². The van der Waals surface area contributed by atoms with Crippen molar-refractivity contribution >= 4 is 11.5 Å². The van der Waals surface area contributed by atoms with Crippen molar-refractivity contribution in [1.82, 2.24) is 4.90 Å². The number of hydrogen-bond acceptors (Lipinski definition) is 4. The fourth-order valence-electron chi connectivity index (χ4n) is 2.91. The Morgan fingerprint density at radius 2 is 2.27 bits per heavy atom. The molecule has 116 valence electrons. The Hall–Kier alpha value is -2.27. The topological polar surface area (TPSA) is 70.0 Å². The number of carboxylic acid groups (broad SMARTS) is 1. The van der Waals surface area contributed by atoms with Gasteiger partial charge in [0.1, 0.15) is 11.5 Å². The third kappa shape index (κ3) is 2.72. The minimum atomic E-state index is -1.03. The molecule has 0 atom stereocenters. The highest BCUT2D eigenvalue weighted by Gasteiger charge is 2.24. The summed E-state index contributed by atoms with van der Waals surface area (Å²) in [5.74, 6) is -0.174. The number of carboxylic acids is 1. The van der Waals surface area contributed by atoms with E-state index >= 15 is 0 Å². The van der Waals surface area contributed by atoms with Crippen molar-refractivity contribution in [2.24, 2.45) is 0 Å². The standard InChI is InChI=1S/C17H19NO4/c1-22-13-3-2-11-8-12(14(11)9-13)4-6-18-7-5-16(19)15(10-18)17(20)21/h2-4,9,19H,5-8,10H2,1H3,(H,20,21)/b12-4-. The predicted octanol–water partition coefficient (Wildman–Crippen LogP) is 2.24. The van der Waals surface area contributed by atoms with Crippen LogP contribution in [0.4, 0.5) is 0 Å². The SMILES string of the molecule is COc1ccc2c(c1)/C(=C\CN1CCC(O)=C(C(=O)O)C1)C2. The van der Waals surface area contributed by atoms with Crippen LogP contribution in [0.1, 0.15) is 17.5 Å². The lowest BCUT2D eigenvalue weighted by molar-refractivity contribution is -0.133. The van der Waals surface area contributed by atoms with Gasteiger partial charge in [0.2, 0.25) is 0 Å². The largest absolute Gasteiger partial charge is 0.512 e. The van der Waals surface area contributed by atoms with Gasteiger partial charge in [0.15, 0.2) is 0 Å². The number of aliphatic carboxylic acids is 1. The number of nitrogens with zero attached hydrogens (tertiary/aromatic N) is 1. The zero-order chi connectivity index (χ0) is 15.7. The van der Waals surface area contributed by atoms with Gasteiger partial charge in [-0.1, -0.05) is 12.1 Å². The number of hydrogen-bond donors (Lipinski definition) is 2. The van der Waals surface area contributed by atoms with Crippen LogP contribution < -0.4 is 4.74 Å². The highest BCUT2D eigenvalue weighted by molar-refractivity contribution is 5.87. The molecule has 1 aliphatic carbocycles. The van der Waals surface area contributed by atoms with Gasteiger partial charge in [0.25, 0.3) is 0 Å². The average molecular weight is 301 g/mol. The molecule has 0 saturated carbocycles. The summed E-state index contributed by atoms with van der Waals surface area (Å²) < 4.78 is 5.24. The summed E-state index contributed by atoms with van der Waals surface area (Å²) in [5, 5.41) is 18.7. The first-order chi connectivity index (χ1) is 10.6. The molecule has 3 rings (SSSR count). The number of rotatable bonds is 4. The molecule has 1 heterocycles. The Kier molecular flexibility index (Phi) is 3.90. The van der Waals surface area contributed by atoms with Crippen LogP contribution in [0.3, 0.4) is 0 Å². The zero-order valence-electron chi connectivity index (χ0n) is 12.5. The molecule has 0 fully saturated rings. The molecule has 5 heteroatoms. The van der Waals surface area contributed by atoms with Crippen LogP contribution in [-0.4, -0.2) is 47.8 Å². The number of methoxy groups -OCH3 is 1. The van der Waals surface area contributed by atoms with Gasteiger partial charge in [0, 0.05) is 26.1 Å². The smallest absolute Gasteiger partial charge is 0.336 e. The summed E-state index contributed by atoms with van der Waals surface area (Å²) >= 11 is 0. The van der Waals surface area contributed by atoms with E-state index in [1.165, 1.54) is 16.7 Å². The van der Waals surface area contributed by atoms with Crippen LogP contribution in [0.15, 0.2) is 35.6 Å². The van der Waals surface area contributed by atoms with Crippen LogP contribution in [0.5, 0.6) is 5.75 Å². The van der Waals surface area contributed by atoms with E-state index in [0.29, 0.717) is 19.5 Å². The second-order valence-corrected chi connectivity index (χ2v) is 5.64. The van der Waals surface area contributed by atoms with Crippen molar-refractivity contribution in [2.75, 3.05) is 26.7 Å². The highest BCUT2D eigenvalue weighted by atomic mass is 16.5. The summed E-state index contributed by atoms with van der Waals surface area (Å²) in [4.78, 5) is 13.1. The Morgan fingerprint density at radius 3 is 3.00 bits per heavy atom. The average Bonchev–Trinajstić information content (AvgIpc) is 2.49. The quantitative estimate of drug-likeness (QED) is 0.892. The Balaban J connectivity index is 1.67. The number of allylic oxidation sites excluding steroid dienone is 1. The first-order valence-corrected chi connectivity index (χ1v) is 7.31. The third-order valence-corrected chi connectivity index (χ3v) is 4.29. The number of benzene rings is 1. The van der Waals surface area contributed by atoms with Crippen molar-refractivity contribution in [1.29, 1.82) is 0 Å². The van der Waals surface area contributed by atoms with Crippen molar-refractivity contribution in [3.8, 4) is 5.75 Å². The molecule has 0 radical (unpaired) electrons. The molecule has 0 unspecified atom stereocenters. The molecule has 0 bridgehead atoms.